The number of rotatable bonds is 4. The lowest BCUT2D eigenvalue weighted by atomic mass is 9.82. The molecular formula is C15H20O4. The lowest BCUT2D eigenvalue weighted by Crippen LogP contribution is -2.31. The Morgan fingerprint density at radius 1 is 1.42 bits per heavy atom. The fourth-order valence-electron chi connectivity index (χ4n) is 4.12. The molecule has 3 fully saturated rings. The van der Waals surface area contributed by atoms with Crippen LogP contribution < -0.4 is 0 Å². The van der Waals surface area contributed by atoms with Crippen molar-refractivity contribution < 1.29 is 19.1 Å². The highest BCUT2D eigenvalue weighted by molar-refractivity contribution is 5.81. The van der Waals surface area contributed by atoms with E-state index < -0.39 is 0 Å². The van der Waals surface area contributed by atoms with Crippen molar-refractivity contribution in [3.8, 4) is 0 Å². The van der Waals surface area contributed by atoms with Gasteiger partial charge in [-0.2, -0.15) is 0 Å². The molecule has 1 heterocycles. The van der Waals surface area contributed by atoms with Gasteiger partial charge in [-0.1, -0.05) is 6.58 Å². The minimum Gasteiger partial charge on any atom is -0.462 e. The van der Waals surface area contributed by atoms with Gasteiger partial charge in [-0.3, -0.25) is 4.79 Å². The van der Waals surface area contributed by atoms with Crippen molar-refractivity contribution in [2.24, 2.45) is 17.8 Å². The average Bonchev–Trinajstić information content (AvgIpc) is 3.05. The summed E-state index contributed by atoms with van der Waals surface area (Å²) in [6, 6.07) is 0. The molecule has 0 N–H and O–H groups in total. The standard InChI is InChI=1S/C15H20O4/c1-2-14(16)19-13-7-9-5-10(12(13)6-9)8-11-3-4-15(17)18-11/h2,9-13H,1,3-8H2. The molecule has 5 atom stereocenters. The van der Waals surface area contributed by atoms with Gasteiger partial charge in [0.2, 0.25) is 0 Å². The van der Waals surface area contributed by atoms with Crippen molar-refractivity contribution in [3.05, 3.63) is 12.7 Å². The maximum Gasteiger partial charge on any atom is 0.330 e. The molecule has 3 rings (SSSR count). The number of carbonyl (C=O) groups excluding carboxylic acids is 2. The molecule has 19 heavy (non-hydrogen) atoms. The number of hydrogen-bond acceptors (Lipinski definition) is 4. The maximum atomic E-state index is 11.3. The van der Waals surface area contributed by atoms with Gasteiger partial charge in [-0.25, -0.2) is 4.79 Å². The third-order valence-corrected chi connectivity index (χ3v) is 4.86. The summed E-state index contributed by atoms with van der Waals surface area (Å²) in [6.45, 7) is 3.44. The molecule has 4 nitrogen and oxygen atoms in total. The lowest BCUT2D eigenvalue weighted by molar-refractivity contribution is -0.146. The summed E-state index contributed by atoms with van der Waals surface area (Å²) in [5.74, 6) is 1.28. The number of ether oxygens (including phenoxy) is 2. The normalized spacial score (nSPS) is 40.2. The second-order valence-electron chi connectivity index (χ2n) is 6.06. The molecule has 104 valence electrons. The predicted molar refractivity (Wildman–Crippen MR) is 68.1 cm³/mol. The van der Waals surface area contributed by atoms with E-state index in [9.17, 15) is 9.59 Å². The molecule has 1 aliphatic heterocycles. The highest BCUT2D eigenvalue weighted by Gasteiger charge is 2.48. The van der Waals surface area contributed by atoms with Crippen molar-refractivity contribution in [2.75, 3.05) is 0 Å². The van der Waals surface area contributed by atoms with Crippen molar-refractivity contribution in [1.82, 2.24) is 0 Å². The molecule has 1 saturated heterocycles. The van der Waals surface area contributed by atoms with Gasteiger partial charge in [0.05, 0.1) is 0 Å². The summed E-state index contributed by atoms with van der Waals surface area (Å²) in [5, 5.41) is 0. The highest BCUT2D eigenvalue weighted by Crippen LogP contribution is 2.51. The minimum atomic E-state index is -0.316. The molecule has 2 aliphatic carbocycles. The summed E-state index contributed by atoms with van der Waals surface area (Å²) < 4.78 is 10.8. The quantitative estimate of drug-likeness (QED) is 0.577. The minimum absolute atomic E-state index is 0.0476. The van der Waals surface area contributed by atoms with E-state index in [0.29, 0.717) is 24.2 Å². The first kappa shape index (κ1) is 12.7. The summed E-state index contributed by atoms with van der Waals surface area (Å²) in [5.41, 5.74) is 0. The Kier molecular flexibility index (Phi) is 3.33. The third kappa shape index (κ3) is 2.53. The molecule has 3 aliphatic rings. The number of esters is 2. The molecule has 2 bridgehead atoms. The van der Waals surface area contributed by atoms with E-state index in [2.05, 4.69) is 6.58 Å². The second-order valence-corrected chi connectivity index (χ2v) is 6.06. The zero-order valence-electron chi connectivity index (χ0n) is 11.0. The molecule has 0 aromatic carbocycles. The molecule has 5 unspecified atom stereocenters. The van der Waals surface area contributed by atoms with Gasteiger partial charge in [0.25, 0.3) is 0 Å². The van der Waals surface area contributed by atoms with Crippen molar-refractivity contribution >= 4 is 11.9 Å². The van der Waals surface area contributed by atoms with Gasteiger partial charge in [-0.15, -0.1) is 0 Å². The monoisotopic (exact) mass is 264 g/mol. The van der Waals surface area contributed by atoms with E-state index in [1.807, 2.05) is 0 Å². The summed E-state index contributed by atoms with van der Waals surface area (Å²) in [4.78, 5) is 22.5. The largest absolute Gasteiger partial charge is 0.462 e. The first-order valence-corrected chi connectivity index (χ1v) is 7.18. The van der Waals surface area contributed by atoms with Crippen LogP contribution in [0.1, 0.15) is 38.5 Å². The smallest absolute Gasteiger partial charge is 0.330 e. The lowest BCUT2D eigenvalue weighted by Gasteiger charge is -2.30. The molecule has 2 saturated carbocycles. The van der Waals surface area contributed by atoms with Gasteiger partial charge in [0.1, 0.15) is 12.2 Å². The fourth-order valence-corrected chi connectivity index (χ4v) is 4.12. The molecule has 0 amide bonds. The zero-order chi connectivity index (χ0) is 13.4. The van der Waals surface area contributed by atoms with Crippen LogP contribution in [-0.4, -0.2) is 24.1 Å². The first-order chi connectivity index (χ1) is 9.15. The Hall–Kier alpha value is -1.32. The number of hydrogen-bond donors (Lipinski definition) is 0. The third-order valence-electron chi connectivity index (χ3n) is 4.86. The van der Waals surface area contributed by atoms with Crippen LogP contribution in [-0.2, 0) is 19.1 Å². The van der Waals surface area contributed by atoms with Gasteiger partial charge >= 0.3 is 11.9 Å². The summed E-state index contributed by atoms with van der Waals surface area (Å²) >= 11 is 0. The van der Waals surface area contributed by atoms with Crippen molar-refractivity contribution in [3.63, 3.8) is 0 Å². The van der Waals surface area contributed by atoms with Gasteiger partial charge in [0, 0.05) is 12.5 Å². The fraction of sp³-hybridized carbons (Fsp3) is 0.733. The predicted octanol–water partition coefficient (Wildman–Crippen LogP) is 2.23. The molecule has 4 heteroatoms. The van der Waals surface area contributed by atoms with E-state index >= 15 is 0 Å². The molecular weight excluding hydrogens is 244 g/mol. The van der Waals surface area contributed by atoms with Crippen LogP contribution in [0.25, 0.3) is 0 Å². The zero-order valence-corrected chi connectivity index (χ0v) is 11.0. The van der Waals surface area contributed by atoms with Crippen LogP contribution in [0.3, 0.4) is 0 Å². The van der Waals surface area contributed by atoms with E-state index in [0.717, 1.165) is 25.7 Å². The van der Waals surface area contributed by atoms with Crippen LogP contribution in [0.5, 0.6) is 0 Å². The Morgan fingerprint density at radius 3 is 2.89 bits per heavy atom. The van der Waals surface area contributed by atoms with Crippen molar-refractivity contribution in [2.45, 2.75) is 50.7 Å². The number of fused-ring (bicyclic) bond motifs is 2. The Balaban J connectivity index is 1.57. The highest BCUT2D eigenvalue weighted by atomic mass is 16.6. The van der Waals surface area contributed by atoms with Gasteiger partial charge in [-0.05, 0) is 49.9 Å². The molecule has 0 aromatic rings. The second kappa shape index (κ2) is 4.99. The summed E-state index contributed by atoms with van der Waals surface area (Å²) in [7, 11) is 0. The summed E-state index contributed by atoms with van der Waals surface area (Å²) in [6.07, 6.45) is 7.06. The maximum absolute atomic E-state index is 11.3. The molecule has 0 spiro atoms. The van der Waals surface area contributed by atoms with Crippen LogP contribution in [0.4, 0.5) is 0 Å². The Morgan fingerprint density at radius 2 is 2.26 bits per heavy atom. The van der Waals surface area contributed by atoms with E-state index in [1.54, 1.807) is 0 Å². The number of cyclic esters (lactones) is 1. The van der Waals surface area contributed by atoms with Gasteiger partial charge < -0.3 is 9.47 Å². The van der Waals surface area contributed by atoms with E-state index in [4.69, 9.17) is 9.47 Å². The molecule has 0 aromatic heterocycles. The van der Waals surface area contributed by atoms with Gasteiger partial charge in [0.15, 0.2) is 0 Å². The first-order valence-electron chi connectivity index (χ1n) is 7.18. The Bertz CT molecular complexity index is 403. The van der Waals surface area contributed by atoms with E-state index in [1.165, 1.54) is 12.5 Å². The van der Waals surface area contributed by atoms with Crippen LogP contribution in [0.2, 0.25) is 0 Å². The molecule has 0 radical (unpaired) electrons. The van der Waals surface area contributed by atoms with E-state index in [-0.39, 0.29) is 24.1 Å². The van der Waals surface area contributed by atoms with Crippen LogP contribution in [0, 0.1) is 17.8 Å². The average molecular weight is 264 g/mol. The Labute approximate surface area is 113 Å². The van der Waals surface area contributed by atoms with Crippen LogP contribution in [0.15, 0.2) is 12.7 Å². The topological polar surface area (TPSA) is 52.6 Å². The number of carbonyl (C=O) groups is 2. The van der Waals surface area contributed by atoms with Crippen molar-refractivity contribution in [1.29, 1.82) is 0 Å². The van der Waals surface area contributed by atoms with Crippen LogP contribution >= 0.6 is 0 Å². The SMILES string of the molecule is C=CC(=O)OC1CC2CC(CC3CCC(=O)O3)C1C2.